The second-order valence-electron chi connectivity index (χ2n) is 9.05. The lowest BCUT2D eigenvalue weighted by Crippen LogP contribution is -2.40. The Kier molecular flexibility index (Phi) is 7.44. The normalized spacial score (nSPS) is 14.3. The molecule has 1 saturated carbocycles. The molecule has 1 aliphatic rings. The molecule has 12 heteroatoms. The summed E-state index contributed by atoms with van der Waals surface area (Å²) >= 11 is 5.96. The van der Waals surface area contributed by atoms with E-state index in [2.05, 4.69) is 10.4 Å². The van der Waals surface area contributed by atoms with Gasteiger partial charge in [0.25, 0.3) is 0 Å². The van der Waals surface area contributed by atoms with Crippen LogP contribution >= 0.6 is 11.6 Å². The first kappa shape index (κ1) is 26.5. The molecular weight excluding hydrogens is 511 g/mol. The van der Waals surface area contributed by atoms with Crippen LogP contribution in [0.5, 0.6) is 0 Å². The molecule has 1 fully saturated rings. The second kappa shape index (κ2) is 10.4. The van der Waals surface area contributed by atoms with Crippen molar-refractivity contribution in [3.8, 4) is 11.4 Å². The van der Waals surface area contributed by atoms with Gasteiger partial charge in [-0.25, -0.2) is 9.48 Å². The number of likely N-dealkylation sites (N-methyl/N-ethyl adjacent to an activating group) is 1. The van der Waals surface area contributed by atoms with E-state index in [4.69, 9.17) is 11.6 Å². The van der Waals surface area contributed by atoms with Gasteiger partial charge in [0.15, 0.2) is 5.82 Å². The van der Waals surface area contributed by atoms with Crippen molar-refractivity contribution >= 4 is 23.4 Å². The van der Waals surface area contributed by atoms with Gasteiger partial charge >= 0.3 is 11.9 Å². The van der Waals surface area contributed by atoms with Crippen molar-refractivity contribution in [2.75, 3.05) is 20.6 Å². The smallest absolute Gasteiger partial charge is 0.353 e. The number of benzene rings is 2. The third-order valence-electron chi connectivity index (χ3n) is 6.06. The number of hydrogen-bond donors (Lipinski definition) is 1. The van der Waals surface area contributed by atoms with Crippen molar-refractivity contribution in [2.24, 2.45) is 0 Å². The Morgan fingerprint density at radius 2 is 1.78 bits per heavy atom. The predicted octanol–water partition coefficient (Wildman–Crippen LogP) is 3.71. The monoisotopic (exact) mass is 535 g/mol. The summed E-state index contributed by atoms with van der Waals surface area (Å²) in [6.07, 6.45) is -3.05. The standard InChI is InChI=1S/C25H25ClF3N5O3/c1-32(2)23(36)19(18-5-3-4-6-20(18)25(27,28)29)13-30-21(35)14-33-24(37)34(17-11-12-17)22(31-33)15-7-9-16(26)10-8-15/h3-10,17,19H,11-14H2,1-2H3,(H,30,35). The number of carbonyl (C=O) groups excluding carboxylic acids is 2. The summed E-state index contributed by atoms with van der Waals surface area (Å²) < 4.78 is 43.4. The number of hydrogen-bond acceptors (Lipinski definition) is 4. The quantitative estimate of drug-likeness (QED) is 0.476. The summed E-state index contributed by atoms with van der Waals surface area (Å²) in [7, 11) is 2.85. The molecule has 1 unspecified atom stereocenters. The first-order chi connectivity index (χ1) is 17.5. The molecule has 3 aromatic rings. The van der Waals surface area contributed by atoms with Crippen LogP contribution in [0.4, 0.5) is 13.2 Å². The predicted molar refractivity (Wildman–Crippen MR) is 131 cm³/mol. The van der Waals surface area contributed by atoms with Gasteiger partial charge in [-0.3, -0.25) is 14.2 Å². The van der Waals surface area contributed by atoms with Crippen LogP contribution < -0.4 is 11.0 Å². The summed E-state index contributed by atoms with van der Waals surface area (Å²) in [4.78, 5) is 39.8. The third kappa shape index (κ3) is 5.87. The molecule has 0 bridgehead atoms. The highest BCUT2D eigenvalue weighted by Crippen LogP contribution is 2.37. The number of amides is 2. The molecule has 1 aliphatic carbocycles. The number of halogens is 4. The van der Waals surface area contributed by atoms with Crippen LogP contribution in [0.1, 0.15) is 35.9 Å². The van der Waals surface area contributed by atoms with Gasteiger partial charge in [-0.2, -0.15) is 13.2 Å². The molecule has 0 saturated heterocycles. The van der Waals surface area contributed by atoms with Gasteiger partial charge in [-0.05, 0) is 48.7 Å². The number of rotatable bonds is 8. The van der Waals surface area contributed by atoms with E-state index in [-0.39, 0.29) is 18.2 Å². The SMILES string of the molecule is CN(C)C(=O)C(CNC(=O)Cn1nc(-c2ccc(Cl)cc2)n(C2CC2)c1=O)c1ccccc1C(F)(F)F. The van der Waals surface area contributed by atoms with Gasteiger partial charge in [0, 0.05) is 37.3 Å². The Morgan fingerprint density at radius 1 is 1.14 bits per heavy atom. The van der Waals surface area contributed by atoms with Crippen molar-refractivity contribution in [1.29, 1.82) is 0 Å². The largest absolute Gasteiger partial charge is 0.416 e. The lowest BCUT2D eigenvalue weighted by molar-refractivity contribution is -0.139. The maximum atomic E-state index is 13.6. The van der Waals surface area contributed by atoms with E-state index in [1.54, 1.807) is 24.3 Å². The highest BCUT2D eigenvalue weighted by Gasteiger charge is 2.37. The number of nitrogens with zero attached hydrogens (tertiary/aromatic N) is 4. The van der Waals surface area contributed by atoms with Crippen LogP contribution in [0.25, 0.3) is 11.4 Å². The number of carbonyl (C=O) groups is 2. The molecule has 2 aromatic carbocycles. The number of aromatic nitrogens is 3. The fraction of sp³-hybridized carbons (Fsp3) is 0.360. The lowest BCUT2D eigenvalue weighted by Gasteiger charge is -2.24. The Hall–Kier alpha value is -3.60. The van der Waals surface area contributed by atoms with Crippen molar-refractivity contribution in [2.45, 2.75) is 37.5 Å². The first-order valence-electron chi connectivity index (χ1n) is 11.6. The summed E-state index contributed by atoms with van der Waals surface area (Å²) in [5.41, 5.74) is -0.996. The molecule has 0 spiro atoms. The zero-order valence-corrected chi connectivity index (χ0v) is 20.9. The highest BCUT2D eigenvalue weighted by molar-refractivity contribution is 6.30. The van der Waals surface area contributed by atoms with Crippen LogP contribution in [0.3, 0.4) is 0 Å². The fourth-order valence-electron chi connectivity index (χ4n) is 4.09. The van der Waals surface area contributed by atoms with Crippen LogP contribution in [0.2, 0.25) is 5.02 Å². The number of nitrogens with one attached hydrogen (secondary N) is 1. The molecule has 0 aliphatic heterocycles. The van der Waals surface area contributed by atoms with Crippen molar-refractivity contribution < 1.29 is 22.8 Å². The Bertz CT molecular complexity index is 1360. The van der Waals surface area contributed by atoms with Gasteiger partial charge in [0.1, 0.15) is 6.54 Å². The van der Waals surface area contributed by atoms with Crippen LogP contribution in [0, 0.1) is 0 Å². The zero-order valence-electron chi connectivity index (χ0n) is 20.1. The summed E-state index contributed by atoms with van der Waals surface area (Å²) in [6.45, 7) is -0.839. The molecule has 1 heterocycles. The summed E-state index contributed by atoms with van der Waals surface area (Å²) in [5.74, 6) is -2.14. The summed E-state index contributed by atoms with van der Waals surface area (Å²) in [5, 5.41) is 7.38. The van der Waals surface area contributed by atoms with Crippen LogP contribution in [-0.2, 0) is 22.3 Å². The van der Waals surface area contributed by atoms with Gasteiger partial charge in [-0.1, -0.05) is 29.8 Å². The minimum Gasteiger partial charge on any atom is -0.353 e. The molecule has 0 radical (unpaired) electrons. The molecule has 1 N–H and O–H groups in total. The Labute approximate surface area is 215 Å². The van der Waals surface area contributed by atoms with Gasteiger partial charge in [0.2, 0.25) is 11.8 Å². The average Bonchev–Trinajstić information content (AvgIpc) is 3.63. The molecule has 8 nitrogen and oxygen atoms in total. The van der Waals surface area contributed by atoms with Crippen LogP contribution in [0.15, 0.2) is 53.3 Å². The van der Waals surface area contributed by atoms with Gasteiger partial charge in [-0.15, -0.1) is 5.10 Å². The molecule has 1 atom stereocenters. The molecule has 4 rings (SSSR count). The van der Waals surface area contributed by atoms with E-state index in [0.717, 1.165) is 23.6 Å². The van der Waals surface area contributed by atoms with E-state index in [9.17, 15) is 27.6 Å². The first-order valence-corrected chi connectivity index (χ1v) is 11.9. The average molecular weight is 536 g/mol. The number of alkyl halides is 3. The topological polar surface area (TPSA) is 89.2 Å². The Balaban J connectivity index is 1.56. The van der Waals surface area contributed by atoms with E-state index in [1.807, 2.05) is 0 Å². The maximum Gasteiger partial charge on any atom is 0.416 e. The molecule has 2 amide bonds. The van der Waals surface area contributed by atoms with E-state index < -0.39 is 41.7 Å². The fourth-order valence-corrected chi connectivity index (χ4v) is 4.22. The highest BCUT2D eigenvalue weighted by atomic mass is 35.5. The second-order valence-corrected chi connectivity index (χ2v) is 9.48. The lowest BCUT2D eigenvalue weighted by atomic mass is 9.92. The van der Waals surface area contributed by atoms with E-state index >= 15 is 0 Å². The maximum absolute atomic E-state index is 13.6. The van der Waals surface area contributed by atoms with Crippen molar-refractivity contribution in [3.05, 3.63) is 75.2 Å². The minimum atomic E-state index is -4.67. The third-order valence-corrected chi connectivity index (χ3v) is 6.31. The van der Waals surface area contributed by atoms with E-state index in [0.29, 0.717) is 16.4 Å². The van der Waals surface area contributed by atoms with Crippen molar-refractivity contribution in [1.82, 2.24) is 24.6 Å². The zero-order chi connectivity index (χ0) is 26.9. The summed E-state index contributed by atoms with van der Waals surface area (Å²) in [6, 6.07) is 11.5. The molecular formula is C25H25ClF3N5O3. The minimum absolute atomic E-state index is 0.0176. The van der Waals surface area contributed by atoms with Crippen molar-refractivity contribution in [3.63, 3.8) is 0 Å². The van der Waals surface area contributed by atoms with Gasteiger partial charge < -0.3 is 10.2 Å². The molecule has 196 valence electrons. The van der Waals surface area contributed by atoms with Gasteiger partial charge in [0.05, 0.1) is 11.5 Å². The van der Waals surface area contributed by atoms with E-state index in [1.165, 1.54) is 41.8 Å². The van der Waals surface area contributed by atoms with Crippen LogP contribution in [-0.4, -0.2) is 51.7 Å². The molecule has 1 aromatic heterocycles. The Morgan fingerprint density at radius 3 is 2.38 bits per heavy atom. The molecule has 37 heavy (non-hydrogen) atoms.